The highest BCUT2D eigenvalue weighted by molar-refractivity contribution is 5.80. The molecule has 0 aliphatic rings. The van der Waals surface area contributed by atoms with Crippen LogP contribution in [-0.2, 0) is 6.61 Å². The summed E-state index contributed by atoms with van der Waals surface area (Å²) in [5.41, 5.74) is 3.67. The molecular formula is C18H17NO2. The molecule has 1 N–H and O–H groups in total. The molecule has 0 saturated carbocycles. The predicted molar refractivity (Wildman–Crippen MR) is 84.8 cm³/mol. The molecule has 2 aromatic carbocycles. The third-order valence-electron chi connectivity index (χ3n) is 3.71. The molecule has 0 unspecified atom stereocenters. The number of hydrogen-bond donors (Lipinski definition) is 1. The number of H-pyrrole nitrogens is 1. The molecule has 0 fully saturated rings. The van der Waals surface area contributed by atoms with E-state index in [9.17, 15) is 4.79 Å². The van der Waals surface area contributed by atoms with E-state index in [1.165, 1.54) is 0 Å². The lowest BCUT2D eigenvalue weighted by atomic mass is 10.1. The zero-order chi connectivity index (χ0) is 14.8. The van der Waals surface area contributed by atoms with Gasteiger partial charge in [0.2, 0.25) is 0 Å². The number of aromatic amines is 1. The van der Waals surface area contributed by atoms with Crippen LogP contribution in [-0.4, -0.2) is 4.98 Å². The highest BCUT2D eigenvalue weighted by Crippen LogP contribution is 2.19. The molecule has 0 aliphatic carbocycles. The molecule has 0 aliphatic heterocycles. The van der Waals surface area contributed by atoms with Gasteiger partial charge in [-0.15, -0.1) is 0 Å². The van der Waals surface area contributed by atoms with Crippen LogP contribution in [0.2, 0.25) is 0 Å². The molecule has 1 heterocycles. The Bertz CT molecular complexity index is 835. The average Bonchev–Trinajstić information content (AvgIpc) is 2.51. The molecule has 3 nitrogen and oxygen atoms in total. The van der Waals surface area contributed by atoms with Gasteiger partial charge in [-0.1, -0.05) is 30.3 Å². The van der Waals surface area contributed by atoms with Gasteiger partial charge in [0, 0.05) is 22.7 Å². The van der Waals surface area contributed by atoms with E-state index in [1.54, 1.807) is 0 Å². The van der Waals surface area contributed by atoms with Gasteiger partial charge in [-0.05, 0) is 31.5 Å². The van der Waals surface area contributed by atoms with Crippen LogP contribution in [0.15, 0.2) is 53.3 Å². The molecule has 106 valence electrons. The minimum atomic E-state index is 0.0795. The van der Waals surface area contributed by atoms with E-state index in [4.69, 9.17) is 4.74 Å². The van der Waals surface area contributed by atoms with E-state index in [0.717, 1.165) is 28.1 Å². The number of fused-ring (bicyclic) bond motifs is 1. The van der Waals surface area contributed by atoms with Gasteiger partial charge in [-0.3, -0.25) is 4.79 Å². The first-order valence-electron chi connectivity index (χ1n) is 6.95. The minimum Gasteiger partial charge on any atom is -0.489 e. The number of hydrogen-bond acceptors (Lipinski definition) is 2. The first kappa shape index (κ1) is 13.4. The van der Waals surface area contributed by atoms with Gasteiger partial charge < -0.3 is 9.72 Å². The maximum Gasteiger partial charge on any atom is 0.192 e. The van der Waals surface area contributed by atoms with Crippen LogP contribution in [0.1, 0.15) is 16.8 Å². The third-order valence-corrected chi connectivity index (χ3v) is 3.71. The van der Waals surface area contributed by atoms with E-state index in [2.05, 4.69) is 4.98 Å². The van der Waals surface area contributed by atoms with Gasteiger partial charge >= 0.3 is 0 Å². The zero-order valence-electron chi connectivity index (χ0n) is 12.1. The van der Waals surface area contributed by atoms with E-state index in [1.807, 2.05) is 62.4 Å². The van der Waals surface area contributed by atoms with Gasteiger partial charge in [0.1, 0.15) is 12.4 Å². The van der Waals surface area contributed by atoms with Crippen molar-refractivity contribution >= 4 is 10.9 Å². The Balaban J connectivity index is 1.91. The lowest BCUT2D eigenvalue weighted by Gasteiger charge is -2.09. The molecule has 21 heavy (non-hydrogen) atoms. The van der Waals surface area contributed by atoms with E-state index in [-0.39, 0.29) is 5.43 Å². The van der Waals surface area contributed by atoms with Crippen LogP contribution in [0.25, 0.3) is 10.9 Å². The molecule has 0 spiro atoms. The summed E-state index contributed by atoms with van der Waals surface area (Å²) in [6.45, 7) is 4.27. The average molecular weight is 279 g/mol. The van der Waals surface area contributed by atoms with Gasteiger partial charge in [-0.2, -0.15) is 0 Å². The van der Waals surface area contributed by atoms with E-state index >= 15 is 0 Å². The number of nitrogens with one attached hydrogen (secondary N) is 1. The van der Waals surface area contributed by atoms with E-state index in [0.29, 0.717) is 12.0 Å². The summed E-state index contributed by atoms with van der Waals surface area (Å²) in [7, 11) is 0. The SMILES string of the molecule is Cc1[nH]c2cc(OCc3ccccc3)ccc2c(=O)c1C. The van der Waals surface area contributed by atoms with Gasteiger partial charge in [-0.25, -0.2) is 0 Å². The largest absolute Gasteiger partial charge is 0.489 e. The van der Waals surface area contributed by atoms with Crippen molar-refractivity contribution in [2.45, 2.75) is 20.5 Å². The molecule has 0 amide bonds. The number of pyridine rings is 1. The predicted octanol–water partition coefficient (Wildman–Crippen LogP) is 3.72. The molecule has 3 heteroatoms. The first-order chi connectivity index (χ1) is 10.1. The van der Waals surface area contributed by atoms with Crippen molar-refractivity contribution < 1.29 is 4.74 Å². The minimum absolute atomic E-state index is 0.0795. The van der Waals surface area contributed by atoms with Crippen LogP contribution in [0.5, 0.6) is 5.75 Å². The Morgan fingerprint density at radius 1 is 1.05 bits per heavy atom. The van der Waals surface area contributed by atoms with Crippen LogP contribution < -0.4 is 10.2 Å². The molecule has 0 bridgehead atoms. The number of aromatic nitrogens is 1. The summed E-state index contributed by atoms with van der Waals surface area (Å²) < 4.78 is 5.79. The Morgan fingerprint density at radius 3 is 2.57 bits per heavy atom. The summed E-state index contributed by atoms with van der Waals surface area (Å²) in [5.74, 6) is 0.755. The van der Waals surface area contributed by atoms with Gasteiger partial charge in [0.25, 0.3) is 0 Å². The van der Waals surface area contributed by atoms with Gasteiger partial charge in [0.15, 0.2) is 5.43 Å². The first-order valence-corrected chi connectivity index (χ1v) is 6.95. The standard InChI is InChI=1S/C18H17NO2/c1-12-13(2)19-17-10-15(8-9-16(17)18(12)20)21-11-14-6-4-3-5-7-14/h3-10H,11H2,1-2H3,(H,19,20). The fraction of sp³-hybridized carbons (Fsp3) is 0.167. The van der Waals surface area contributed by atoms with Crippen molar-refractivity contribution in [2.75, 3.05) is 0 Å². The summed E-state index contributed by atoms with van der Waals surface area (Å²) >= 11 is 0. The number of benzene rings is 2. The van der Waals surface area contributed by atoms with Crippen LogP contribution in [0.3, 0.4) is 0 Å². The second-order valence-corrected chi connectivity index (χ2v) is 5.19. The van der Waals surface area contributed by atoms with Crippen molar-refractivity contribution in [2.24, 2.45) is 0 Å². The normalized spacial score (nSPS) is 10.8. The number of aryl methyl sites for hydroxylation is 1. The quantitative estimate of drug-likeness (QED) is 0.794. The number of ether oxygens (including phenoxy) is 1. The van der Waals surface area contributed by atoms with Crippen molar-refractivity contribution in [1.82, 2.24) is 4.98 Å². The van der Waals surface area contributed by atoms with Crippen LogP contribution in [0, 0.1) is 13.8 Å². The summed E-state index contributed by atoms with van der Waals surface area (Å²) in [5, 5.41) is 0.699. The smallest absolute Gasteiger partial charge is 0.192 e. The Morgan fingerprint density at radius 2 is 1.81 bits per heavy atom. The highest BCUT2D eigenvalue weighted by atomic mass is 16.5. The van der Waals surface area contributed by atoms with Gasteiger partial charge in [0.05, 0.1) is 5.52 Å². The Labute approximate surface area is 123 Å². The third kappa shape index (κ3) is 2.68. The van der Waals surface area contributed by atoms with Crippen molar-refractivity contribution in [3.63, 3.8) is 0 Å². The Kier molecular flexibility index (Phi) is 3.48. The fourth-order valence-corrected chi connectivity index (χ4v) is 2.32. The molecular weight excluding hydrogens is 262 g/mol. The fourth-order valence-electron chi connectivity index (χ4n) is 2.32. The summed E-state index contributed by atoms with van der Waals surface area (Å²) in [6, 6.07) is 15.6. The zero-order valence-corrected chi connectivity index (χ0v) is 12.1. The molecule has 0 radical (unpaired) electrons. The van der Waals surface area contributed by atoms with E-state index < -0.39 is 0 Å². The second kappa shape index (κ2) is 5.44. The molecule has 1 aromatic heterocycles. The van der Waals surface area contributed by atoms with Crippen molar-refractivity contribution in [1.29, 1.82) is 0 Å². The van der Waals surface area contributed by atoms with Crippen molar-refractivity contribution in [3.05, 3.63) is 75.6 Å². The second-order valence-electron chi connectivity index (χ2n) is 5.19. The maximum absolute atomic E-state index is 12.2. The molecule has 0 atom stereocenters. The monoisotopic (exact) mass is 279 g/mol. The lowest BCUT2D eigenvalue weighted by molar-refractivity contribution is 0.306. The number of rotatable bonds is 3. The van der Waals surface area contributed by atoms with Crippen LogP contribution >= 0.6 is 0 Å². The molecule has 0 saturated heterocycles. The molecule has 3 rings (SSSR count). The summed E-state index contributed by atoms with van der Waals surface area (Å²) in [6.07, 6.45) is 0. The lowest BCUT2D eigenvalue weighted by Crippen LogP contribution is -2.09. The highest BCUT2D eigenvalue weighted by Gasteiger charge is 2.06. The maximum atomic E-state index is 12.2. The summed E-state index contributed by atoms with van der Waals surface area (Å²) in [4.78, 5) is 15.4. The molecule has 3 aromatic rings. The topological polar surface area (TPSA) is 42.1 Å². The Hall–Kier alpha value is -2.55. The van der Waals surface area contributed by atoms with Crippen LogP contribution in [0.4, 0.5) is 0 Å². The van der Waals surface area contributed by atoms with Crippen molar-refractivity contribution in [3.8, 4) is 5.75 Å².